The number of hydrogen-bond donors (Lipinski definition) is 0. The minimum Gasteiger partial charge on any atom is -0.363 e. The van der Waals surface area contributed by atoms with E-state index >= 15 is 0 Å². The third-order valence-electron chi connectivity index (χ3n) is 4.42. The number of carbonyl (C=O) groups is 1. The number of anilines is 1. The topological polar surface area (TPSA) is 23.6 Å². The van der Waals surface area contributed by atoms with E-state index in [0.29, 0.717) is 0 Å². The van der Waals surface area contributed by atoms with Crippen molar-refractivity contribution < 1.29 is 26.7 Å². The van der Waals surface area contributed by atoms with Crippen LogP contribution in [0.2, 0.25) is 5.02 Å². The molecular formula is C18H14ClF5N2O. The molecule has 3 rings (SSSR count). The summed E-state index contributed by atoms with van der Waals surface area (Å²) in [4.78, 5) is 15.0. The Morgan fingerprint density at radius 2 is 1.41 bits per heavy atom. The number of halogens is 6. The maximum absolute atomic E-state index is 13.9. The number of aryl methyl sites for hydroxylation is 1. The van der Waals surface area contributed by atoms with Gasteiger partial charge in [0.05, 0.1) is 10.6 Å². The summed E-state index contributed by atoms with van der Waals surface area (Å²) in [6.45, 7) is 1.73. The summed E-state index contributed by atoms with van der Waals surface area (Å²) in [5.41, 5.74) is 0.187. The summed E-state index contributed by atoms with van der Waals surface area (Å²) in [5, 5.41) is 0.280. The molecule has 1 fully saturated rings. The first-order chi connectivity index (χ1) is 12.7. The fraction of sp³-hybridized carbons (Fsp3) is 0.278. The molecule has 1 heterocycles. The molecule has 1 amide bonds. The lowest BCUT2D eigenvalue weighted by molar-refractivity contribution is 0.0746. The van der Waals surface area contributed by atoms with E-state index in [2.05, 4.69) is 0 Å². The van der Waals surface area contributed by atoms with E-state index in [0.717, 1.165) is 10.5 Å². The number of hydrogen-bond acceptors (Lipinski definition) is 2. The molecule has 2 aromatic carbocycles. The van der Waals surface area contributed by atoms with Crippen LogP contribution in [0.4, 0.5) is 27.6 Å². The number of amides is 1. The largest absolute Gasteiger partial charge is 0.363 e. The highest BCUT2D eigenvalue weighted by Gasteiger charge is 2.32. The standard InChI is InChI=1S/C18H14ClF5N2O/c1-9-2-3-10(11(19)8-9)18(27)26-6-4-25(5-7-26)17-15(23)13(21)12(20)14(22)16(17)24/h2-3,8H,4-7H2,1H3. The second-order valence-corrected chi connectivity index (χ2v) is 6.59. The van der Waals surface area contributed by atoms with Crippen LogP contribution < -0.4 is 4.90 Å². The van der Waals surface area contributed by atoms with E-state index in [1.54, 1.807) is 18.2 Å². The summed E-state index contributed by atoms with van der Waals surface area (Å²) in [6.07, 6.45) is 0. The van der Waals surface area contributed by atoms with E-state index < -0.39 is 34.8 Å². The van der Waals surface area contributed by atoms with Crippen molar-refractivity contribution in [2.24, 2.45) is 0 Å². The molecule has 2 aromatic rings. The zero-order valence-electron chi connectivity index (χ0n) is 14.1. The summed E-state index contributed by atoms with van der Waals surface area (Å²) in [7, 11) is 0. The molecule has 0 radical (unpaired) electrons. The Kier molecular flexibility index (Phi) is 5.28. The van der Waals surface area contributed by atoms with Gasteiger partial charge in [-0.05, 0) is 24.6 Å². The molecule has 0 saturated carbocycles. The van der Waals surface area contributed by atoms with Gasteiger partial charge in [-0.1, -0.05) is 17.7 Å². The molecule has 1 aliphatic heterocycles. The van der Waals surface area contributed by atoms with Gasteiger partial charge in [-0.3, -0.25) is 4.79 Å². The molecule has 0 aromatic heterocycles. The van der Waals surface area contributed by atoms with Gasteiger partial charge in [0.1, 0.15) is 5.69 Å². The lowest BCUT2D eigenvalue weighted by Crippen LogP contribution is -2.49. The number of carbonyl (C=O) groups excluding carboxylic acids is 1. The third-order valence-corrected chi connectivity index (χ3v) is 4.74. The van der Waals surface area contributed by atoms with Gasteiger partial charge in [0, 0.05) is 26.2 Å². The monoisotopic (exact) mass is 404 g/mol. The van der Waals surface area contributed by atoms with Crippen LogP contribution in [-0.4, -0.2) is 37.0 Å². The highest BCUT2D eigenvalue weighted by atomic mass is 35.5. The SMILES string of the molecule is Cc1ccc(C(=O)N2CCN(c3c(F)c(F)c(F)c(F)c3F)CC2)c(Cl)c1. The molecule has 0 aliphatic carbocycles. The van der Waals surface area contributed by atoms with Gasteiger partial charge in [0.25, 0.3) is 5.91 Å². The van der Waals surface area contributed by atoms with Gasteiger partial charge in [-0.25, -0.2) is 22.0 Å². The van der Waals surface area contributed by atoms with Gasteiger partial charge >= 0.3 is 0 Å². The predicted molar refractivity (Wildman–Crippen MR) is 90.5 cm³/mol. The van der Waals surface area contributed by atoms with Crippen LogP contribution in [-0.2, 0) is 0 Å². The van der Waals surface area contributed by atoms with Crippen LogP contribution in [0.5, 0.6) is 0 Å². The van der Waals surface area contributed by atoms with Crippen LogP contribution in [0.1, 0.15) is 15.9 Å². The molecule has 3 nitrogen and oxygen atoms in total. The zero-order valence-corrected chi connectivity index (χ0v) is 14.9. The average Bonchev–Trinajstić information content (AvgIpc) is 2.65. The van der Waals surface area contributed by atoms with E-state index in [1.807, 2.05) is 6.92 Å². The Balaban J connectivity index is 1.79. The van der Waals surface area contributed by atoms with Gasteiger partial charge in [0.15, 0.2) is 23.3 Å². The first-order valence-corrected chi connectivity index (χ1v) is 8.42. The second kappa shape index (κ2) is 7.34. The quantitative estimate of drug-likeness (QED) is 0.423. The van der Waals surface area contributed by atoms with Crippen molar-refractivity contribution in [3.05, 3.63) is 63.4 Å². The van der Waals surface area contributed by atoms with Gasteiger partial charge in [-0.15, -0.1) is 0 Å². The highest BCUT2D eigenvalue weighted by molar-refractivity contribution is 6.33. The molecule has 0 N–H and O–H groups in total. The molecule has 0 bridgehead atoms. The van der Waals surface area contributed by atoms with Crippen molar-refractivity contribution in [2.45, 2.75) is 6.92 Å². The van der Waals surface area contributed by atoms with Crippen LogP contribution >= 0.6 is 11.6 Å². The van der Waals surface area contributed by atoms with Crippen LogP contribution in [0.25, 0.3) is 0 Å². The lowest BCUT2D eigenvalue weighted by Gasteiger charge is -2.36. The normalized spacial score (nSPS) is 14.6. The summed E-state index contributed by atoms with van der Waals surface area (Å²) in [5.74, 6) is -10.3. The van der Waals surface area contributed by atoms with Crippen molar-refractivity contribution in [1.29, 1.82) is 0 Å². The maximum atomic E-state index is 13.9. The summed E-state index contributed by atoms with van der Waals surface area (Å²) >= 11 is 6.08. The number of benzene rings is 2. The fourth-order valence-corrected chi connectivity index (χ4v) is 3.28. The Labute approximate surface area is 156 Å². The summed E-state index contributed by atoms with van der Waals surface area (Å²) < 4.78 is 67.8. The van der Waals surface area contributed by atoms with Crippen LogP contribution in [0, 0.1) is 36.0 Å². The molecule has 0 unspecified atom stereocenters. The number of piperazine rings is 1. The molecular weight excluding hydrogens is 391 g/mol. The fourth-order valence-electron chi connectivity index (χ4n) is 2.97. The Morgan fingerprint density at radius 3 is 1.93 bits per heavy atom. The van der Waals surface area contributed by atoms with Gasteiger partial charge in [-0.2, -0.15) is 0 Å². The molecule has 0 atom stereocenters. The third kappa shape index (κ3) is 3.45. The zero-order chi connectivity index (χ0) is 19.9. The Morgan fingerprint density at radius 1 is 0.889 bits per heavy atom. The molecule has 0 spiro atoms. The molecule has 1 saturated heterocycles. The van der Waals surface area contributed by atoms with E-state index in [1.165, 1.54) is 4.90 Å². The van der Waals surface area contributed by atoms with Crippen molar-refractivity contribution in [1.82, 2.24) is 4.90 Å². The number of rotatable bonds is 2. The molecule has 1 aliphatic rings. The minimum atomic E-state index is -2.20. The van der Waals surface area contributed by atoms with Crippen molar-refractivity contribution in [3.63, 3.8) is 0 Å². The second-order valence-electron chi connectivity index (χ2n) is 6.18. The molecule has 27 heavy (non-hydrogen) atoms. The van der Waals surface area contributed by atoms with E-state index in [9.17, 15) is 26.7 Å². The minimum absolute atomic E-state index is 0.0442. The van der Waals surface area contributed by atoms with E-state index in [-0.39, 0.29) is 42.7 Å². The van der Waals surface area contributed by atoms with Crippen molar-refractivity contribution in [3.8, 4) is 0 Å². The predicted octanol–water partition coefficient (Wildman–Crippen LogP) is 4.31. The first-order valence-electron chi connectivity index (χ1n) is 8.04. The highest BCUT2D eigenvalue weighted by Crippen LogP contribution is 2.31. The maximum Gasteiger partial charge on any atom is 0.255 e. The Bertz CT molecular complexity index is 884. The van der Waals surface area contributed by atoms with Crippen molar-refractivity contribution >= 4 is 23.2 Å². The number of nitrogens with zero attached hydrogens (tertiary/aromatic N) is 2. The van der Waals surface area contributed by atoms with Crippen molar-refractivity contribution in [2.75, 3.05) is 31.1 Å². The Hall–Kier alpha value is -2.35. The van der Waals surface area contributed by atoms with Gasteiger partial charge in [0.2, 0.25) is 5.82 Å². The van der Waals surface area contributed by atoms with E-state index in [4.69, 9.17) is 11.6 Å². The first kappa shape index (κ1) is 19.4. The summed E-state index contributed by atoms with van der Waals surface area (Å²) in [6, 6.07) is 4.94. The smallest absolute Gasteiger partial charge is 0.255 e. The van der Waals surface area contributed by atoms with Crippen LogP contribution in [0.3, 0.4) is 0 Å². The molecule has 9 heteroatoms. The molecule has 144 valence electrons. The average molecular weight is 405 g/mol. The van der Waals surface area contributed by atoms with Crippen LogP contribution in [0.15, 0.2) is 18.2 Å². The lowest BCUT2D eigenvalue weighted by atomic mass is 10.1. The van der Waals surface area contributed by atoms with Gasteiger partial charge < -0.3 is 9.80 Å².